The van der Waals surface area contributed by atoms with Gasteiger partial charge in [0.2, 0.25) is 0 Å². The molecule has 1 aliphatic rings. The third-order valence-electron chi connectivity index (χ3n) is 5.15. The summed E-state index contributed by atoms with van der Waals surface area (Å²) in [5.41, 5.74) is 1.16. The second kappa shape index (κ2) is 4.69. The largest absolute Gasteiger partial charge is 0.332 e. The van der Waals surface area contributed by atoms with Gasteiger partial charge in [0.25, 0.3) is 0 Å². The van der Waals surface area contributed by atoms with Crippen molar-refractivity contribution in [3.8, 4) is 0 Å². The molecular weight excluding hydrogens is 222 g/mol. The lowest BCUT2D eigenvalue weighted by molar-refractivity contribution is 0.352. The Morgan fingerprint density at radius 3 is 1.41 bits per heavy atom. The third kappa shape index (κ3) is 3.14. The normalized spacial score (nSPS) is 39.7. The van der Waals surface area contributed by atoms with Gasteiger partial charge < -0.3 is 4.98 Å². The lowest BCUT2D eigenvalue weighted by Crippen LogP contribution is -2.58. The van der Waals surface area contributed by atoms with Crippen molar-refractivity contribution < 1.29 is 0 Å². The van der Waals surface area contributed by atoms with Gasteiger partial charge in [-0.05, 0) is 50.0 Å². The standard InChI is InChI=1S/C15H33NSi/c1-10-11(2)13(4)14(12(10)3)17(8,9)16-15(5,6)7/h10-14,16H,1-9H3. The molecule has 0 aromatic rings. The minimum Gasteiger partial charge on any atom is -0.332 e. The Hall–Kier alpha value is 0.177. The maximum Gasteiger partial charge on any atom is 0.123 e. The van der Waals surface area contributed by atoms with E-state index < -0.39 is 8.24 Å². The van der Waals surface area contributed by atoms with Gasteiger partial charge in [-0.1, -0.05) is 40.8 Å². The van der Waals surface area contributed by atoms with Gasteiger partial charge in [0.05, 0.1) is 0 Å². The molecule has 0 aromatic heterocycles. The van der Waals surface area contributed by atoms with Crippen LogP contribution in [0.15, 0.2) is 0 Å². The van der Waals surface area contributed by atoms with Gasteiger partial charge >= 0.3 is 0 Å². The molecule has 4 unspecified atom stereocenters. The minimum atomic E-state index is -1.37. The SMILES string of the molecule is CC1C(C)C(C)C([Si](C)(C)NC(C)(C)C)C1C. The first kappa shape index (κ1) is 15.2. The van der Waals surface area contributed by atoms with Crippen molar-refractivity contribution in [1.29, 1.82) is 0 Å². The van der Waals surface area contributed by atoms with Crippen LogP contribution in [0.5, 0.6) is 0 Å². The molecule has 1 N–H and O–H groups in total. The molecular formula is C15H33NSi. The highest BCUT2D eigenvalue weighted by Crippen LogP contribution is 2.53. The van der Waals surface area contributed by atoms with E-state index in [1.807, 2.05) is 0 Å². The lowest BCUT2D eigenvalue weighted by atomic mass is 9.92. The molecule has 0 amide bonds. The second-order valence-electron chi connectivity index (χ2n) is 8.06. The van der Waals surface area contributed by atoms with Gasteiger partial charge in [-0.25, -0.2) is 0 Å². The Morgan fingerprint density at radius 1 is 0.765 bits per heavy atom. The maximum absolute atomic E-state index is 3.98. The van der Waals surface area contributed by atoms with Crippen LogP contribution >= 0.6 is 0 Å². The fraction of sp³-hybridized carbons (Fsp3) is 1.00. The van der Waals surface area contributed by atoms with Crippen LogP contribution in [0.3, 0.4) is 0 Å². The zero-order valence-corrected chi connectivity index (χ0v) is 14.4. The number of hydrogen-bond donors (Lipinski definition) is 1. The van der Waals surface area contributed by atoms with Crippen LogP contribution in [0.1, 0.15) is 48.5 Å². The average molecular weight is 256 g/mol. The molecule has 1 fully saturated rings. The highest BCUT2D eigenvalue weighted by Gasteiger charge is 2.50. The summed E-state index contributed by atoms with van der Waals surface area (Å²) in [5, 5.41) is 0. The van der Waals surface area contributed by atoms with Crippen molar-refractivity contribution in [1.82, 2.24) is 4.98 Å². The van der Waals surface area contributed by atoms with E-state index in [2.05, 4.69) is 66.5 Å². The molecule has 0 spiro atoms. The number of rotatable bonds is 2. The van der Waals surface area contributed by atoms with Gasteiger partial charge in [-0.2, -0.15) is 0 Å². The molecule has 0 aliphatic heterocycles. The molecule has 2 heteroatoms. The number of hydrogen-bond acceptors (Lipinski definition) is 1. The van der Waals surface area contributed by atoms with E-state index in [-0.39, 0.29) is 5.54 Å². The van der Waals surface area contributed by atoms with Crippen LogP contribution in [-0.4, -0.2) is 13.8 Å². The van der Waals surface area contributed by atoms with Crippen molar-refractivity contribution in [3.63, 3.8) is 0 Å². The Kier molecular flexibility index (Phi) is 4.21. The van der Waals surface area contributed by atoms with Crippen LogP contribution in [0.4, 0.5) is 0 Å². The second-order valence-corrected chi connectivity index (χ2v) is 12.4. The molecule has 1 aliphatic carbocycles. The van der Waals surface area contributed by atoms with Crippen molar-refractivity contribution in [2.75, 3.05) is 0 Å². The Morgan fingerprint density at radius 2 is 1.12 bits per heavy atom. The van der Waals surface area contributed by atoms with E-state index in [9.17, 15) is 0 Å². The summed E-state index contributed by atoms with van der Waals surface area (Å²) in [6.45, 7) is 21.8. The van der Waals surface area contributed by atoms with Crippen molar-refractivity contribution in [3.05, 3.63) is 0 Å². The summed E-state index contributed by atoms with van der Waals surface area (Å²) in [5.74, 6) is 3.50. The van der Waals surface area contributed by atoms with Gasteiger partial charge in [0.1, 0.15) is 8.24 Å². The summed E-state index contributed by atoms with van der Waals surface area (Å²) < 4.78 is 0. The first-order valence-electron chi connectivity index (χ1n) is 7.26. The number of nitrogens with one attached hydrogen (secondary N) is 1. The quantitative estimate of drug-likeness (QED) is 0.716. The molecule has 1 saturated carbocycles. The van der Waals surface area contributed by atoms with E-state index in [0.29, 0.717) is 0 Å². The van der Waals surface area contributed by atoms with E-state index in [1.165, 1.54) is 0 Å². The summed E-state index contributed by atoms with van der Waals surface area (Å²) >= 11 is 0. The van der Waals surface area contributed by atoms with E-state index in [1.54, 1.807) is 0 Å². The molecule has 1 rings (SSSR count). The van der Waals surface area contributed by atoms with Crippen molar-refractivity contribution in [2.24, 2.45) is 23.7 Å². The predicted molar refractivity (Wildman–Crippen MR) is 80.8 cm³/mol. The Labute approximate surface area is 110 Å². The zero-order valence-electron chi connectivity index (χ0n) is 13.4. The highest BCUT2D eigenvalue weighted by molar-refractivity contribution is 6.76. The van der Waals surface area contributed by atoms with Gasteiger partial charge in [0.15, 0.2) is 0 Å². The highest BCUT2D eigenvalue weighted by atomic mass is 28.3. The summed E-state index contributed by atoms with van der Waals surface area (Å²) in [6.07, 6.45) is 0. The molecule has 0 radical (unpaired) electrons. The molecule has 0 bridgehead atoms. The van der Waals surface area contributed by atoms with Crippen LogP contribution < -0.4 is 4.98 Å². The predicted octanol–water partition coefficient (Wildman–Crippen LogP) is 4.51. The zero-order chi connectivity index (χ0) is 13.6. The molecule has 17 heavy (non-hydrogen) atoms. The first-order valence-corrected chi connectivity index (χ1v) is 10.3. The lowest BCUT2D eigenvalue weighted by Gasteiger charge is -2.41. The van der Waals surface area contributed by atoms with E-state index in [0.717, 1.165) is 29.2 Å². The monoisotopic (exact) mass is 255 g/mol. The van der Waals surface area contributed by atoms with Crippen LogP contribution in [-0.2, 0) is 0 Å². The first-order chi connectivity index (χ1) is 7.47. The fourth-order valence-corrected chi connectivity index (χ4v) is 9.79. The van der Waals surface area contributed by atoms with Gasteiger partial charge in [0, 0.05) is 5.54 Å². The Bertz CT molecular complexity index is 253. The minimum absolute atomic E-state index is 0.254. The average Bonchev–Trinajstić information content (AvgIpc) is 2.27. The van der Waals surface area contributed by atoms with Crippen LogP contribution in [0.2, 0.25) is 18.6 Å². The Balaban J connectivity index is 2.91. The molecule has 0 heterocycles. The third-order valence-corrected chi connectivity index (χ3v) is 9.26. The van der Waals surface area contributed by atoms with E-state index >= 15 is 0 Å². The molecule has 102 valence electrons. The molecule has 4 atom stereocenters. The summed E-state index contributed by atoms with van der Waals surface area (Å²) in [4.78, 5) is 3.98. The van der Waals surface area contributed by atoms with Crippen molar-refractivity contribution >= 4 is 8.24 Å². The molecule has 1 nitrogen and oxygen atoms in total. The van der Waals surface area contributed by atoms with Crippen molar-refractivity contribution in [2.45, 2.75) is 72.6 Å². The summed E-state index contributed by atoms with van der Waals surface area (Å²) in [6, 6.07) is 0. The van der Waals surface area contributed by atoms with Gasteiger partial charge in [-0.3, -0.25) is 0 Å². The van der Waals surface area contributed by atoms with Gasteiger partial charge in [-0.15, -0.1) is 0 Å². The fourth-order valence-electron chi connectivity index (χ4n) is 4.45. The topological polar surface area (TPSA) is 12.0 Å². The molecule has 0 saturated heterocycles. The smallest absolute Gasteiger partial charge is 0.123 e. The summed E-state index contributed by atoms with van der Waals surface area (Å²) in [7, 11) is -1.37. The maximum atomic E-state index is 3.98. The van der Waals surface area contributed by atoms with E-state index in [4.69, 9.17) is 0 Å². The molecule has 0 aromatic carbocycles. The van der Waals surface area contributed by atoms with Crippen LogP contribution in [0.25, 0.3) is 0 Å². The van der Waals surface area contributed by atoms with Crippen LogP contribution in [0, 0.1) is 23.7 Å².